The molecule has 0 saturated carbocycles. The predicted octanol–water partition coefficient (Wildman–Crippen LogP) is 5.05. The summed E-state index contributed by atoms with van der Waals surface area (Å²) in [6.45, 7) is 8.29. The number of hydrogen-bond donors (Lipinski definition) is 0. The van der Waals surface area contributed by atoms with Gasteiger partial charge in [-0.15, -0.1) is 0 Å². The van der Waals surface area contributed by atoms with E-state index in [1.54, 1.807) is 0 Å². The zero-order valence-corrected chi connectivity index (χ0v) is 12.4. The Kier molecular flexibility index (Phi) is 4.73. The highest BCUT2D eigenvalue weighted by molar-refractivity contribution is 6.21. The standard InChI is InChI=1S/C19H22O/c1-4-16-18-10-6-5-9-17(18)15(3)13-12-14(2)8-7-11-19(16)20/h4-6,9-10,12-14H,3,7-8,11H2,1-2H3/b13-12-,16-4-. The van der Waals surface area contributed by atoms with Crippen LogP contribution in [-0.4, -0.2) is 5.78 Å². The summed E-state index contributed by atoms with van der Waals surface area (Å²) in [7, 11) is 0. The molecule has 1 nitrogen and oxygen atoms in total. The molecule has 1 aromatic rings. The fourth-order valence-electron chi connectivity index (χ4n) is 2.65. The number of rotatable bonds is 0. The number of fused-ring (bicyclic) bond motifs is 1. The van der Waals surface area contributed by atoms with Gasteiger partial charge in [0.25, 0.3) is 0 Å². The molecule has 1 aromatic carbocycles. The van der Waals surface area contributed by atoms with Gasteiger partial charge in [0.05, 0.1) is 0 Å². The van der Waals surface area contributed by atoms with E-state index in [9.17, 15) is 4.79 Å². The first-order chi connectivity index (χ1) is 9.63. The van der Waals surface area contributed by atoms with Crippen LogP contribution in [0.4, 0.5) is 0 Å². The third-order valence-electron chi connectivity index (χ3n) is 3.84. The van der Waals surface area contributed by atoms with Gasteiger partial charge in [-0.1, -0.05) is 56.0 Å². The summed E-state index contributed by atoms with van der Waals surface area (Å²) in [6, 6.07) is 8.04. The lowest BCUT2D eigenvalue weighted by atomic mass is 9.91. The van der Waals surface area contributed by atoms with Gasteiger partial charge in [0.15, 0.2) is 5.78 Å². The molecule has 1 atom stereocenters. The minimum atomic E-state index is 0.238. The van der Waals surface area contributed by atoms with Gasteiger partial charge in [0.1, 0.15) is 0 Å². The van der Waals surface area contributed by atoms with E-state index in [1.165, 1.54) is 0 Å². The van der Waals surface area contributed by atoms with Crippen LogP contribution in [0, 0.1) is 5.92 Å². The molecule has 0 aromatic heterocycles. The first-order valence-electron chi connectivity index (χ1n) is 7.30. The number of benzene rings is 1. The number of allylic oxidation sites excluding steroid dienone is 5. The maximum atomic E-state index is 12.4. The molecule has 2 rings (SSSR count). The second-order valence-electron chi connectivity index (χ2n) is 5.42. The molecule has 0 aliphatic heterocycles. The van der Waals surface area contributed by atoms with Gasteiger partial charge in [-0.05, 0) is 42.4 Å². The van der Waals surface area contributed by atoms with E-state index in [0.29, 0.717) is 12.3 Å². The molecule has 0 saturated heterocycles. The maximum absolute atomic E-state index is 12.4. The minimum absolute atomic E-state index is 0.238. The van der Waals surface area contributed by atoms with Crippen LogP contribution in [0.3, 0.4) is 0 Å². The SMILES string of the molecule is C=C1/C=C\C(C)CCCC(=O)/C(=C\C)c2ccccc21. The summed E-state index contributed by atoms with van der Waals surface area (Å²) in [6.07, 6.45) is 8.83. The zero-order chi connectivity index (χ0) is 14.5. The highest BCUT2D eigenvalue weighted by Crippen LogP contribution is 2.29. The molecular formula is C19H22O. The van der Waals surface area contributed by atoms with Gasteiger partial charge in [0.2, 0.25) is 0 Å². The van der Waals surface area contributed by atoms with Crippen LogP contribution in [0.1, 0.15) is 44.2 Å². The Morgan fingerprint density at radius 1 is 1.25 bits per heavy atom. The Morgan fingerprint density at radius 3 is 2.65 bits per heavy atom. The van der Waals surface area contributed by atoms with Gasteiger partial charge < -0.3 is 0 Å². The molecule has 0 fully saturated rings. The van der Waals surface area contributed by atoms with E-state index in [1.807, 2.05) is 37.3 Å². The maximum Gasteiger partial charge on any atom is 0.163 e. The van der Waals surface area contributed by atoms with Crippen LogP contribution >= 0.6 is 0 Å². The van der Waals surface area contributed by atoms with Crippen LogP contribution in [0.2, 0.25) is 0 Å². The fourth-order valence-corrected chi connectivity index (χ4v) is 2.65. The van der Waals surface area contributed by atoms with E-state index >= 15 is 0 Å². The van der Waals surface area contributed by atoms with Crippen molar-refractivity contribution in [3.63, 3.8) is 0 Å². The summed E-state index contributed by atoms with van der Waals surface area (Å²) in [4.78, 5) is 12.4. The van der Waals surface area contributed by atoms with Crippen LogP contribution < -0.4 is 0 Å². The van der Waals surface area contributed by atoms with Crippen molar-refractivity contribution in [1.29, 1.82) is 0 Å². The molecule has 0 spiro atoms. The van der Waals surface area contributed by atoms with Crippen molar-refractivity contribution in [2.24, 2.45) is 5.92 Å². The van der Waals surface area contributed by atoms with Crippen LogP contribution in [0.25, 0.3) is 11.1 Å². The first-order valence-corrected chi connectivity index (χ1v) is 7.30. The lowest BCUT2D eigenvalue weighted by molar-refractivity contribution is -0.113. The number of hydrogen-bond acceptors (Lipinski definition) is 1. The predicted molar refractivity (Wildman–Crippen MR) is 86.3 cm³/mol. The molecule has 20 heavy (non-hydrogen) atoms. The Balaban J connectivity index is 2.53. The molecule has 0 N–H and O–H groups in total. The van der Waals surface area contributed by atoms with Gasteiger partial charge >= 0.3 is 0 Å². The van der Waals surface area contributed by atoms with E-state index in [4.69, 9.17) is 0 Å². The highest BCUT2D eigenvalue weighted by atomic mass is 16.1. The average molecular weight is 266 g/mol. The Hall–Kier alpha value is -1.89. The molecule has 1 unspecified atom stereocenters. The third-order valence-corrected chi connectivity index (χ3v) is 3.84. The molecule has 104 valence electrons. The summed E-state index contributed by atoms with van der Waals surface area (Å²) >= 11 is 0. The molecule has 0 radical (unpaired) electrons. The van der Waals surface area contributed by atoms with Crippen molar-refractivity contribution in [2.45, 2.75) is 33.1 Å². The van der Waals surface area contributed by atoms with E-state index in [0.717, 1.165) is 35.1 Å². The van der Waals surface area contributed by atoms with Gasteiger partial charge in [-0.2, -0.15) is 0 Å². The number of carbonyl (C=O) groups is 1. The van der Waals surface area contributed by atoms with Gasteiger partial charge in [-0.3, -0.25) is 4.79 Å². The second-order valence-corrected chi connectivity index (χ2v) is 5.42. The van der Waals surface area contributed by atoms with Crippen molar-refractivity contribution in [2.75, 3.05) is 0 Å². The Bertz CT molecular complexity index is 575. The minimum Gasteiger partial charge on any atom is -0.294 e. The summed E-state index contributed by atoms with van der Waals surface area (Å²) in [5, 5.41) is 0. The van der Waals surface area contributed by atoms with Crippen LogP contribution in [-0.2, 0) is 4.79 Å². The van der Waals surface area contributed by atoms with Crippen molar-refractivity contribution in [3.05, 3.63) is 60.2 Å². The largest absolute Gasteiger partial charge is 0.294 e. The zero-order valence-electron chi connectivity index (χ0n) is 12.4. The summed E-state index contributed by atoms with van der Waals surface area (Å²) in [5.74, 6) is 0.723. The van der Waals surface area contributed by atoms with Crippen LogP contribution in [0.5, 0.6) is 0 Å². The molecule has 1 aliphatic carbocycles. The van der Waals surface area contributed by atoms with E-state index in [-0.39, 0.29) is 5.78 Å². The van der Waals surface area contributed by atoms with Crippen molar-refractivity contribution < 1.29 is 4.79 Å². The highest BCUT2D eigenvalue weighted by Gasteiger charge is 2.16. The monoisotopic (exact) mass is 266 g/mol. The topological polar surface area (TPSA) is 17.1 Å². The second kappa shape index (κ2) is 6.51. The van der Waals surface area contributed by atoms with Gasteiger partial charge in [-0.25, -0.2) is 0 Å². The van der Waals surface area contributed by atoms with E-state index in [2.05, 4.69) is 25.7 Å². The first kappa shape index (κ1) is 14.5. The number of Topliss-reactive ketones (excluding diaryl/α,β-unsaturated/α-hetero) is 1. The van der Waals surface area contributed by atoms with Gasteiger partial charge in [0, 0.05) is 12.0 Å². The average Bonchev–Trinajstić information content (AvgIpc) is 2.47. The fraction of sp³-hybridized carbons (Fsp3) is 0.316. The summed E-state index contributed by atoms with van der Waals surface area (Å²) in [5.41, 5.74) is 3.86. The van der Waals surface area contributed by atoms with Crippen molar-refractivity contribution in [3.8, 4) is 0 Å². The lowest BCUT2D eigenvalue weighted by Gasteiger charge is -2.12. The smallest absolute Gasteiger partial charge is 0.163 e. The summed E-state index contributed by atoms with van der Waals surface area (Å²) < 4.78 is 0. The van der Waals surface area contributed by atoms with Crippen molar-refractivity contribution >= 4 is 16.9 Å². The molecule has 0 heterocycles. The Labute approximate surface area is 121 Å². The third kappa shape index (κ3) is 3.16. The Morgan fingerprint density at radius 2 is 1.95 bits per heavy atom. The molecule has 1 aliphatic rings. The van der Waals surface area contributed by atoms with Crippen molar-refractivity contribution in [1.82, 2.24) is 0 Å². The molecule has 1 heteroatoms. The number of ketones is 1. The quantitative estimate of drug-likeness (QED) is 0.601. The van der Waals surface area contributed by atoms with Crippen LogP contribution in [0.15, 0.2) is 49.1 Å². The molecule has 0 amide bonds. The lowest BCUT2D eigenvalue weighted by Crippen LogP contribution is -2.04. The molecular weight excluding hydrogens is 244 g/mol. The van der Waals surface area contributed by atoms with E-state index < -0.39 is 0 Å². The number of carbonyl (C=O) groups excluding carboxylic acids is 1. The normalized spacial score (nSPS) is 24.1. The molecule has 0 bridgehead atoms.